The second kappa shape index (κ2) is 5.00. The highest BCUT2D eigenvalue weighted by Crippen LogP contribution is 2.11. The van der Waals surface area contributed by atoms with Gasteiger partial charge in [0, 0.05) is 6.20 Å². The van der Waals surface area contributed by atoms with Crippen LogP contribution >= 0.6 is 0 Å². The van der Waals surface area contributed by atoms with Crippen molar-refractivity contribution in [3.63, 3.8) is 0 Å². The smallest absolute Gasteiger partial charge is 0.267 e. The van der Waals surface area contributed by atoms with Gasteiger partial charge in [-0.3, -0.25) is 9.78 Å². The van der Waals surface area contributed by atoms with E-state index in [4.69, 9.17) is 10.9 Å². The summed E-state index contributed by atoms with van der Waals surface area (Å²) in [6, 6.07) is 2.13. The predicted molar refractivity (Wildman–Crippen MR) is 62.8 cm³/mol. The van der Waals surface area contributed by atoms with Crippen LogP contribution in [0.2, 0.25) is 0 Å². The Balaban J connectivity index is 3.06. The SMILES string of the molecule is NC(=O)c1cc(S(=O)(=O)CCS(N)(=O)=O)ccn1. The number of hydrogen-bond acceptors (Lipinski definition) is 6. The van der Waals surface area contributed by atoms with Gasteiger partial charge in [-0.25, -0.2) is 22.0 Å². The molecule has 0 radical (unpaired) electrons. The first-order valence-electron chi connectivity index (χ1n) is 4.61. The second-order valence-electron chi connectivity index (χ2n) is 3.43. The van der Waals surface area contributed by atoms with E-state index in [1.807, 2.05) is 0 Å². The van der Waals surface area contributed by atoms with Crippen LogP contribution in [0.1, 0.15) is 10.5 Å². The van der Waals surface area contributed by atoms with Crippen LogP contribution in [0.4, 0.5) is 0 Å². The molecular formula is C8H11N3O5S2. The number of primary amides is 1. The van der Waals surface area contributed by atoms with Crippen LogP contribution in [0.3, 0.4) is 0 Å². The minimum absolute atomic E-state index is 0.216. The van der Waals surface area contributed by atoms with Crippen molar-refractivity contribution < 1.29 is 21.6 Å². The van der Waals surface area contributed by atoms with E-state index in [9.17, 15) is 21.6 Å². The van der Waals surface area contributed by atoms with Crippen molar-refractivity contribution in [2.24, 2.45) is 10.9 Å². The molecule has 1 rings (SSSR count). The molecule has 1 amide bonds. The van der Waals surface area contributed by atoms with Crippen LogP contribution in [-0.4, -0.2) is 39.2 Å². The van der Waals surface area contributed by atoms with Crippen molar-refractivity contribution in [2.45, 2.75) is 4.90 Å². The Bertz CT molecular complexity index is 666. The maximum absolute atomic E-state index is 11.8. The van der Waals surface area contributed by atoms with Gasteiger partial charge in [0.05, 0.1) is 16.4 Å². The van der Waals surface area contributed by atoms with E-state index in [1.165, 1.54) is 0 Å². The average Bonchev–Trinajstić information content (AvgIpc) is 2.26. The Kier molecular flexibility index (Phi) is 4.04. The fourth-order valence-corrected chi connectivity index (χ4v) is 3.69. The highest BCUT2D eigenvalue weighted by Gasteiger charge is 2.19. The average molecular weight is 293 g/mol. The number of carbonyl (C=O) groups excluding carboxylic acids is 1. The summed E-state index contributed by atoms with van der Waals surface area (Å²) in [5.74, 6) is -2.25. The summed E-state index contributed by atoms with van der Waals surface area (Å²) in [4.78, 5) is 14.2. The molecule has 0 aliphatic carbocycles. The molecule has 18 heavy (non-hydrogen) atoms. The molecule has 0 aliphatic heterocycles. The topological polar surface area (TPSA) is 150 Å². The van der Waals surface area contributed by atoms with Gasteiger partial charge in [-0.05, 0) is 12.1 Å². The Morgan fingerprint density at radius 2 is 1.83 bits per heavy atom. The molecule has 10 heteroatoms. The number of aromatic nitrogens is 1. The van der Waals surface area contributed by atoms with Gasteiger partial charge < -0.3 is 5.73 Å². The third-order valence-corrected chi connectivity index (χ3v) is 4.72. The zero-order valence-electron chi connectivity index (χ0n) is 9.11. The molecule has 0 fully saturated rings. The number of nitrogens with zero attached hydrogens (tertiary/aromatic N) is 1. The Labute approximate surface area is 104 Å². The summed E-state index contributed by atoms with van der Waals surface area (Å²) < 4.78 is 44.9. The van der Waals surface area contributed by atoms with E-state index in [2.05, 4.69) is 4.98 Å². The molecule has 0 atom stereocenters. The monoisotopic (exact) mass is 293 g/mol. The number of amides is 1. The lowest BCUT2D eigenvalue weighted by Crippen LogP contribution is -2.23. The van der Waals surface area contributed by atoms with Crippen LogP contribution < -0.4 is 10.9 Å². The Hall–Kier alpha value is -1.52. The van der Waals surface area contributed by atoms with Gasteiger partial charge in [-0.15, -0.1) is 0 Å². The number of carbonyl (C=O) groups is 1. The van der Waals surface area contributed by atoms with Gasteiger partial charge >= 0.3 is 0 Å². The summed E-state index contributed by atoms with van der Waals surface area (Å²) >= 11 is 0. The van der Waals surface area contributed by atoms with Crippen molar-refractivity contribution >= 4 is 25.8 Å². The second-order valence-corrected chi connectivity index (χ2v) is 7.27. The zero-order chi connectivity index (χ0) is 14.0. The van der Waals surface area contributed by atoms with Gasteiger partial charge in [0.15, 0.2) is 9.84 Å². The van der Waals surface area contributed by atoms with Crippen molar-refractivity contribution in [1.29, 1.82) is 0 Å². The number of nitrogens with two attached hydrogens (primary N) is 2. The molecule has 8 nitrogen and oxygen atoms in total. The van der Waals surface area contributed by atoms with Crippen molar-refractivity contribution in [3.05, 3.63) is 24.0 Å². The lowest BCUT2D eigenvalue weighted by atomic mass is 10.3. The molecule has 1 aromatic rings. The minimum atomic E-state index is -3.88. The third-order valence-electron chi connectivity index (χ3n) is 1.98. The summed E-state index contributed by atoms with van der Waals surface area (Å²) in [5.41, 5.74) is 4.74. The zero-order valence-corrected chi connectivity index (χ0v) is 10.7. The Morgan fingerprint density at radius 3 is 2.33 bits per heavy atom. The van der Waals surface area contributed by atoms with Crippen LogP contribution in [-0.2, 0) is 19.9 Å². The highest BCUT2D eigenvalue weighted by molar-refractivity contribution is 7.94. The molecule has 0 spiro atoms. The van der Waals surface area contributed by atoms with Crippen LogP contribution in [0.5, 0.6) is 0 Å². The maximum Gasteiger partial charge on any atom is 0.267 e. The van der Waals surface area contributed by atoms with Crippen molar-refractivity contribution in [3.8, 4) is 0 Å². The molecule has 0 saturated heterocycles. The number of sulfone groups is 1. The minimum Gasteiger partial charge on any atom is -0.364 e. The van der Waals surface area contributed by atoms with E-state index in [0.717, 1.165) is 18.3 Å². The first kappa shape index (κ1) is 14.5. The van der Waals surface area contributed by atoms with Crippen LogP contribution in [0, 0.1) is 0 Å². The molecule has 0 aromatic carbocycles. The molecule has 0 aliphatic rings. The molecule has 4 N–H and O–H groups in total. The van der Waals surface area contributed by atoms with E-state index < -0.39 is 37.3 Å². The molecule has 1 heterocycles. The van der Waals surface area contributed by atoms with E-state index in [-0.39, 0.29) is 10.6 Å². The summed E-state index contributed by atoms with van der Waals surface area (Å²) in [6.07, 6.45) is 1.10. The van der Waals surface area contributed by atoms with Gasteiger partial charge in [0.1, 0.15) is 5.69 Å². The van der Waals surface area contributed by atoms with Crippen LogP contribution in [0.25, 0.3) is 0 Å². The van der Waals surface area contributed by atoms with Gasteiger partial charge in [-0.2, -0.15) is 0 Å². The molecule has 0 unspecified atom stereocenters. The number of rotatable bonds is 5. The molecule has 100 valence electrons. The number of hydrogen-bond donors (Lipinski definition) is 2. The van der Waals surface area contributed by atoms with Gasteiger partial charge in [-0.1, -0.05) is 0 Å². The van der Waals surface area contributed by atoms with E-state index in [1.54, 1.807) is 0 Å². The molecule has 0 saturated carbocycles. The lowest BCUT2D eigenvalue weighted by Gasteiger charge is -2.04. The van der Waals surface area contributed by atoms with Crippen molar-refractivity contribution in [1.82, 2.24) is 4.98 Å². The van der Waals surface area contributed by atoms with Gasteiger partial charge in [0.25, 0.3) is 5.91 Å². The number of primary sulfonamides is 1. The molecular weight excluding hydrogens is 282 g/mol. The number of pyridine rings is 1. The summed E-state index contributed by atoms with van der Waals surface area (Å²) in [7, 11) is -7.73. The normalized spacial score (nSPS) is 12.3. The summed E-state index contributed by atoms with van der Waals surface area (Å²) in [5, 5.41) is 4.72. The van der Waals surface area contributed by atoms with E-state index >= 15 is 0 Å². The van der Waals surface area contributed by atoms with Gasteiger partial charge in [0.2, 0.25) is 10.0 Å². The summed E-state index contributed by atoms with van der Waals surface area (Å²) in [6.45, 7) is 0. The largest absolute Gasteiger partial charge is 0.364 e. The predicted octanol–water partition coefficient (Wildman–Crippen LogP) is -1.76. The highest BCUT2D eigenvalue weighted by atomic mass is 32.2. The standard InChI is InChI=1S/C8H11N3O5S2/c9-8(12)7-5-6(1-2-11-7)17(13,14)3-4-18(10,15)16/h1-2,5H,3-4H2,(H2,9,12)(H2,10,15,16). The van der Waals surface area contributed by atoms with E-state index in [0.29, 0.717) is 0 Å². The maximum atomic E-state index is 11.8. The molecule has 1 aromatic heterocycles. The quantitative estimate of drug-likeness (QED) is 0.656. The third kappa shape index (κ3) is 4.05. The molecule has 0 bridgehead atoms. The fraction of sp³-hybridized carbons (Fsp3) is 0.250. The first-order valence-corrected chi connectivity index (χ1v) is 7.98. The fourth-order valence-electron chi connectivity index (χ4n) is 1.08. The lowest BCUT2D eigenvalue weighted by molar-refractivity contribution is 0.0995. The van der Waals surface area contributed by atoms with Crippen molar-refractivity contribution in [2.75, 3.05) is 11.5 Å². The number of sulfonamides is 1. The first-order chi connectivity index (χ1) is 8.12. The Morgan fingerprint density at radius 1 is 1.22 bits per heavy atom. The van der Waals surface area contributed by atoms with Crippen LogP contribution in [0.15, 0.2) is 23.2 Å².